The number of hydrogen-bond acceptors (Lipinski definition) is 21. The second-order valence-corrected chi connectivity index (χ2v) is 25.8. The summed E-state index contributed by atoms with van der Waals surface area (Å²) in [5.41, 5.74) is 8.10. The summed E-state index contributed by atoms with van der Waals surface area (Å²) < 4.78 is 0. The van der Waals surface area contributed by atoms with Crippen molar-refractivity contribution in [3.8, 4) is 0 Å². The van der Waals surface area contributed by atoms with Gasteiger partial charge in [-0.05, 0) is 62.4 Å². The molecule has 97 heavy (non-hydrogen) atoms. The largest absolute Gasteiger partial charge is 0.480 e. The smallest absolute Gasteiger partial charge is 0.317 e. The van der Waals surface area contributed by atoms with E-state index in [1.165, 1.54) is 18.7 Å². The quantitative estimate of drug-likeness (QED) is 0.0160. The molecule has 3 aromatic carbocycles. The molecule has 1 fully saturated rings. The van der Waals surface area contributed by atoms with Crippen molar-refractivity contribution in [1.29, 1.82) is 0 Å². The van der Waals surface area contributed by atoms with Gasteiger partial charge < -0.3 is 89.0 Å². The average molecular weight is 1390 g/mol. The number of aliphatic carboxylic acids is 4. The molecule has 1 unspecified atom stereocenters. The lowest BCUT2D eigenvalue weighted by molar-refractivity contribution is -0.143. The fourth-order valence-corrected chi connectivity index (χ4v) is 12.6. The van der Waals surface area contributed by atoms with Crippen LogP contribution in [0.4, 0.5) is 0 Å². The first-order valence-corrected chi connectivity index (χ1v) is 33.7. The summed E-state index contributed by atoms with van der Waals surface area (Å²) in [7, 11) is 1.77. The Morgan fingerprint density at radius 3 is 1.68 bits per heavy atom. The number of hydrogen-bond donors (Lipinski definition) is 17. The predicted octanol–water partition coefficient (Wildman–Crippen LogP) is -3.40. The van der Waals surface area contributed by atoms with E-state index in [9.17, 15) is 83.7 Å². The van der Waals surface area contributed by atoms with Gasteiger partial charge in [0, 0.05) is 74.0 Å². The van der Waals surface area contributed by atoms with Crippen LogP contribution >= 0.6 is 21.6 Å². The van der Waals surface area contributed by atoms with Crippen LogP contribution in [0.25, 0.3) is 10.9 Å². The van der Waals surface area contributed by atoms with Crippen LogP contribution in [-0.2, 0) is 76.8 Å². The van der Waals surface area contributed by atoms with Crippen LogP contribution in [0.15, 0.2) is 91.1 Å². The standard InChI is InChI=1S/C63H87N13O19S2/c1-37(78)48(34-77)70-62(94)50-36-97-96-35-49(71-58(90)45(25-39-13-5-3-6-14-39)66-51(80)29-75(31-53(83)84)23-21-74(30-52(81)82)22-24-76(32-54(85)86)33-55(87)88)61(93)68-46(26-40-15-7-4-8-16-40)59(91)69-47(27-41-28-65-43-18-10-9-17-42(41)43)60(92)67-44(19-11-12-20-64)57(89)73-56(38(2)79)63(95)72-50/h3-10,13-18,28,37-38,44-50,56,65,77-79H,11-12,19-27,29-36,64H2,1-2H3,(H,66,80)(H,67,92)(H,68,93)(H,69,91)(H,70,94)(H,71,90)(H,72,95)(H,73,89)(H,81,82)(H,83,84)(H,85,86)(H,87,88)/t37-,38-,44+,45-,46+,47-,48-,49+,50+,56?/m1/s1. The number of para-hydroxylation sites is 1. The molecule has 1 aromatic heterocycles. The van der Waals surface area contributed by atoms with Crippen LogP contribution in [0.3, 0.4) is 0 Å². The number of unbranched alkanes of at least 4 members (excludes halogenated alkanes) is 1. The van der Waals surface area contributed by atoms with Crippen molar-refractivity contribution in [1.82, 2.24) is 62.2 Å². The van der Waals surface area contributed by atoms with Crippen molar-refractivity contribution >= 4 is 104 Å². The number of fused-ring (bicyclic) bond motifs is 1. The predicted molar refractivity (Wildman–Crippen MR) is 356 cm³/mol. The molecule has 0 saturated carbocycles. The van der Waals surface area contributed by atoms with Gasteiger partial charge in [-0.25, -0.2) is 0 Å². The summed E-state index contributed by atoms with van der Waals surface area (Å²) in [5.74, 6) is -13.8. The Hall–Kier alpha value is -8.74. The zero-order chi connectivity index (χ0) is 71.1. The average Bonchev–Trinajstić information content (AvgIpc) is 1.76. The number of carboxylic acid groups (broad SMARTS) is 4. The van der Waals surface area contributed by atoms with Crippen LogP contribution in [0.2, 0.25) is 0 Å². The Morgan fingerprint density at radius 2 is 1.10 bits per heavy atom. The van der Waals surface area contributed by atoms with Gasteiger partial charge in [-0.15, -0.1) is 0 Å². The fraction of sp³-hybridized carbons (Fsp3) is 0.492. The number of H-pyrrole nitrogens is 1. The Labute approximate surface area is 566 Å². The van der Waals surface area contributed by atoms with E-state index in [-0.39, 0.29) is 70.6 Å². The molecule has 0 bridgehead atoms. The van der Waals surface area contributed by atoms with Crippen LogP contribution in [-0.4, -0.2) is 271 Å². The lowest BCUT2D eigenvalue weighted by atomic mass is 10.0. The normalized spacial score (nSPS) is 19.8. The zero-order valence-corrected chi connectivity index (χ0v) is 55.3. The number of carbonyl (C=O) groups excluding carboxylic acids is 8. The molecule has 1 saturated heterocycles. The maximum atomic E-state index is 15.2. The van der Waals surface area contributed by atoms with Gasteiger partial charge in [-0.3, -0.25) is 72.2 Å². The molecule has 0 spiro atoms. The van der Waals surface area contributed by atoms with Gasteiger partial charge >= 0.3 is 23.9 Å². The minimum absolute atomic E-state index is 0.0513. The van der Waals surface area contributed by atoms with Gasteiger partial charge in [-0.2, -0.15) is 0 Å². The van der Waals surface area contributed by atoms with Gasteiger partial charge in [0.05, 0.1) is 57.6 Å². The number of benzene rings is 3. The number of carbonyl (C=O) groups is 12. The van der Waals surface area contributed by atoms with Crippen molar-refractivity contribution in [2.24, 2.45) is 5.73 Å². The number of amides is 8. The van der Waals surface area contributed by atoms with Crippen molar-refractivity contribution < 1.29 is 93.3 Å². The first-order valence-electron chi connectivity index (χ1n) is 31.2. The third kappa shape index (κ3) is 27.7. The SMILES string of the molecule is C[C@@H](O)C1NC(=O)[C@H](CCCCN)NC(=O)[C@@H](Cc2c[nH]c3ccccc23)NC(=O)[C@H](Cc2ccccc2)NC(=O)[C@@H](NC(=O)[C@@H](Cc2ccccc2)NC(=O)CN(CCN(CCN(CC(=O)O)CC(=O)O)CC(=O)O)CC(=O)O)CSSC[C@@H](C(=O)N[C@H](CO)[C@@H](C)O)NC1=O. The van der Waals surface area contributed by atoms with Crippen molar-refractivity contribution in [2.45, 2.75) is 113 Å². The number of aromatic nitrogens is 1. The van der Waals surface area contributed by atoms with E-state index in [1.807, 2.05) is 0 Å². The minimum atomic E-state index is -1.78. The van der Waals surface area contributed by atoms with Gasteiger partial charge in [0.1, 0.15) is 42.3 Å². The van der Waals surface area contributed by atoms with Crippen LogP contribution in [0, 0.1) is 0 Å². The number of rotatable bonds is 34. The van der Waals surface area contributed by atoms with Crippen LogP contribution in [0.5, 0.6) is 0 Å². The number of nitrogens with zero attached hydrogens (tertiary/aromatic N) is 3. The first kappa shape index (κ1) is 79.0. The summed E-state index contributed by atoms with van der Waals surface area (Å²) in [4.78, 5) is 171. The van der Waals surface area contributed by atoms with E-state index in [1.54, 1.807) is 91.1 Å². The highest BCUT2D eigenvalue weighted by Crippen LogP contribution is 2.25. The van der Waals surface area contributed by atoms with Crippen molar-refractivity contribution in [3.05, 3.63) is 108 Å². The lowest BCUT2D eigenvalue weighted by Gasteiger charge is -2.29. The number of nitrogens with two attached hydrogens (primary N) is 1. The van der Waals surface area contributed by atoms with E-state index >= 15 is 9.59 Å². The summed E-state index contributed by atoms with van der Waals surface area (Å²) in [6, 6.07) is 11.7. The summed E-state index contributed by atoms with van der Waals surface area (Å²) >= 11 is 0. The number of aliphatic hydroxyl groups is 3. The molecule has 32 nitrogen and oxygen atoms in total. The van der Waals surface area contributed by atoms with Crippen LogP contribution < -0.4 is 48.3 Å². The van der Waals surface area contributed by atoms with Gasteiger partial charge in [0.15, 0.2) is 0 Å². The summed E-state index contributed by atoms with van der Waals surface area (Å²) in [6.07, 6.45) is -1.31. The Bertz CT molecular complexity index is 3280. The van der Waals surface area contributed by atoms with E-state index in [0.29, 0.717) is 34.0 Å². The molecule has 530 valence electrons. The maximum absolute atomic E-state index is 15.2. The molecule has 18 N–H and O–H groups in total. The number of nitrogens with one attached hydrogen (secondary N) is 9. The number of carboxylic acids is 4. The molecule has 2 heterocycles. The van der Waals surface area contributed by atoms with E-state index in [0.717, 1.165) is 31.4 Å². The van der Waals surface area contributed by atoms with Crippen molar-refractivity contribution in [3.63, 3.8) is 0 Å². The Balaban J connectivity index is 1.57. The van der Waals surface area contributed by atoms with Gasteiger partial charge in [-0.1, -0.05) is 100 Å². The second kappa shape index (κ2) is 40.7. The maximum Gasteiger partial charge on any atom is 0.317 e. The molecule has 0 aliphatic carbocycles. The molecule has 8 amide bonds. The first-order chi connectivity index (χ1) is 46.2. The molecule has 1 aliphatic rings. The molecule has 5 rings (SSSR count). The highest BCUT2D eigenvalue weighted by Gasteiger charge is 2.37. The molecule has 0 radical (unpaired) electrons. The van der Waals surface area contributed by atoms with E-state index in [2.05, 4.69) is 47.5 Å². The minimum Gasteiger partial charge on any atom is -0.480 e. The third-order valence-corrected chi connectivity index (χ3v) is 17.8. The van der Waals surface area contributed by atoms with E-state index < -0.39 is 177 Å². The summed E-state index contributed by atoms with van der Waals surface area (Å²) in [5, 5.41) is 91.6. The Morgan fingerprint density at radius 1 is 0.588 bits per heavy atom. The number of aliphatic hydroxyl groups excluding tert-OH is 3. The molecular weight excluding hydrogens is 1310 g/mol. The monoisotopic (exact) mass is 1390 g/mol. The zero-order valence-electron chi connectivity index (χ0n) is 53.6. The van der Waals surface area contributed by atoms with E-state index in [4.69, 9.17) is 5.73 Å². The molecule has 1 aliphatic heterocycles. The van der Waals surface area contributed by atoms with Crippen molar-refractivity contribution in [2.75, 3.05) is 83.6 Å². The summed E-state index contributed by atoms with van der Waals surface area (Å²) in [6.45, 7) is -2.46. The molecule has 4 aromatic rings. The second-order valence-electron chi connectivity index (χ2n) is 23.3. The van der Waals surface area contributed by atoms with Gasteiger partial charge in [0.2, 0.25) is 47.3 Å². The topological polar surface area (TPSA) is 494 Å². The molecular formula is C63H87N13O19S2. The molecule has 10 atom stereocenters. The van der Waals surface area contributed by atoms with Gasteiger partial charge in [0.25, 0.3) is 0 Å². The number of aromatic amines is 1. The third-order valence-electron chi connectivity index (χ3n) is 15.4. The fourth-order valence-electron chi connectivity index (χ4n) is 10.3. The lowest BCUT2D eigenvalue weighted by Crippen LogP contribution is -2.62. The highest BCUT2D eigenvalue weighted by molar-refractivity contribution is 8.76. The highest BCUT2D eigenvalue weighted by atomic mass is 33.1. The molecule has 34 heteroatoms. The Kier molecular flexibility index (Phi) is 33.2. The van der Waals surface area contributed by atoms with Crippen LogP contribution in [0.1, 0.15) is 49.8 Å².